The van der Waals surface area contributed by atoms with Crippen LogP contribution in [0.25, 0.3) is 10.1 Å². The Hall–Kier alpha value is -0.380. The van der Waals surface area contributed by atoms with E-state index in [1.54, 1.807) is 6.07 Å². The van der Waals surface area contributed by atoms with Crippen LogP contribution in [0.2, 0.25) is 4.34 Å². The molecule has 1 nitrogen and oxygen atoms in total. The summed E-state index contributed by atoms with van der Waals surface area (Å²) < 4.78 is 1.65. The van der Waals surface area contributed by atoms with Crippen LogP contribution in [0.1, 0.15) is 0 Å². The summed E-state index contributed by atoms with van der Waals surface area (Å²) in [6.07, 6.45) is 0. The number of benzene rings is 1. The van der Waals surface area contributed by atoms with E-state index in [1.165, 1.54) is 11.3 Å². The van der Waals surface area contributed by atoms with Crippen molar-refractivity contribution < 1.29 is 5.11 Å². The number of phenols is 1. The van der Waals surface area contributed by atoms with Crippen LogP contribution in [-0.4, -0.2) is 5.11 Å². The van der Waals surface area contributed by atoms with Gasteiger partial charge < -0.3 is 5.11 Å². The summed E-state index contributed by atoms with van der Waals surface area (Å²) in [7, 11) is 0. The monoisotopic (exact) mass is 216 g/mol. The van der Waals surface area contributed by atoms with Crippen LogP contribution in [-0.2, 0) is 0 Å². The fraction of sp³-hybridized carbons (Fsp3) is 0. The van der Waals surface area contributed by atoms with Crippen molar-refractivity contribution in [2.75, 3.05) is 0 Å². The lowest BCUT2D eigenvalue weighted by Crippen LogP contribution is -1.68. The maximum Gasteiger partial charge on any atom is 0.130 e. The van der Waals surface area contributed by atoms with Crippen molar-refractivity contribution in [3.05, 3.63) is 22.5 Å². The molecule has 0 bridgehead atoms. The molecule has 12 heavy (non-hydrogen) atoms. The highest BCUT2D eigenvalue weighted by molar-refractivity contribution is 7.81. The summed E-state index contributed by atoms with van der Waals surface area (Å²) in [5, 5.41) is 10.3. The van der Waals surface area contributed by atoms with Crippen LogP contribution in [0.5, 0.6) is 5.75 Å². The first-order valence-corrected chi connectivity index (χ1v) is 4.92. The van der Waals surface area contributed by atoms with Crippen LogP contribution in [0, 0.1) is 0 Å². The average Bonchev–Trinajstić information content (AvgIpc) is 2.39. The Labute approximate surface area is 84.0 Å². The number of halogens is 1. The molecule has 0 spiro atoms. The zero-order chi connectivity index (χ0) is 8.72. The van der Waals surface area contributed by atoms with E-state index in [2.05, 4.69) is 12.6 Å². The lowest BCUT2D eigenvalue weighted by atomic mass is 10.2. The topological polar surface area (TPSA) is 20.2 Å². The lowest BCUT2D eigenvalue weighted by molar-refractivity contribution is 0.464. The van der Waals surface area contributed by atoms with E-state index < -0.39 is 0 Å². The van der Waals surface area contributed by atoms with Gasteiger partial charge in [-0.2, -0.15) is 0 Å². The molecule has 0 unspecified atom stereocenters. The number of thiophene rings is 1. The molecular formula is C8H5ClOS2. The molecule has 0 amide bonds. The van der Waals surface area contributed by atoms with Crippen molar-refractivity contribution in [1.29, 1.82) is 0 Å². The molecule has 2 rings (SSSR count). The summed E-state index contributed by atoms with van der Waals surface area (Å²) in [5.74, 6) is 0.198. The fourth-order valence-corrected chi connectivity index (χ4v) is 2.56. The summed E-state index contributed by atoms with van der Waals surface area (Å²) in [6, 6.07) is 5.31. The van der Waals surface area contributed by atoms with E-state index in [1.807, 2.05) is 12.1 Å². The second-order valence-corrected chi connectivity index (χ2v) is 4.53. The van der Waals surface area contributed by atoms with Gasteiger partial charge in [0, 0.05) is 0 Å². The maximum atomic E-state index is 9.31. The standard InChI is InChI=1S/C8H5ClOS2/c9-6-3-4-1-2-5(10)7(11)8(4)12-6/h1-3,10-11H. The van der Waals surface area contributed by atoms with Gasteiger partial charge in [0.1, 0.15) is 5.75 Å². The highest BCUT2D eigenvalue weighted by Crippen LogP contribution is 2.37. The largest absolute Gasteiger partial charge is 0.507 e. The number of phenolic OH excluding ortho intramolecular Hbond substituents is 1. The maximum absolute atomic E-state index is 9.31. The molecule has 62 valence electrons. The van der Waals surface area contributed by atoms with Gasteiger partial charge in [0.2, 0.25) is 0 Å². The van der Waals surface area contributed by atoms with Gasteiger partial charge in [-0.15, -0.1) is 24.0 Å². The summed E-state index contributed by atoms with van der Waals surface area (Å²) in [4.78, 5) is 0.601. The Morgan fingerprint density at radius 2 is 2.17 bits per heavy atom. The third kappa shape index (κ3) is 1.18. The van der Waals surface area contributed by atoms with Gasteiger partial charge in [-0.05, 0) is 23.6 Å². The van der Waals surface area contributed by atoms with Gasteiger partial charge >= 0.3 is 0 Å². The molecule has 1 aromatic carbocycles. The lowest BCUT2D eigenvalue weighted by Gasteiger charge is -1.96. The number of hydrogen-bond donors (Lipinski definition) is 2. The van der Waals surface area contributed by atoms with Gasteiger partial charge in [-0.25, -0.2) is 0 Å². The van der Waals surface area contributed by atoms with E-state index in [9.17, 15) is 5.11 Å². The number of hydrogen-bond acceptors (Lipinski definition) is 3. The van der Waals surface area contributed by atoms with E-state index in [4.69, 9.17) is 11.6 Å². The summed E-state index contributed by atoms with van der Waals surface area (Å²) >= 11 is 11.4. The molecule has 0 saturated carbocycles. The third-order valence-electron chi connectivity index (χ3n) is 1.61. The van der Waals surface area contributed by atoms with Crippen molar-refractivity contribution in [2.45, 2.75) is 4.90 Å². The molecule has 2 aromatic rings. The minimum atomic E-state index is 0.198. The molecule has 0 fully saturated rings. The van der Waals surface area contributed by atoms with Gasteiger partial charge in [0.25, 0.3) is 0 Å². The highest BCUT2D eigenvalue weighted by atomic mass is 35.5. The molecule has 0 radical (unpaired) electrons. The molecule has 1 N–H and O–H groups in total. The van der Waals surface area contributed by atoms with Gasteiger partial charge in [0.15, 0.2) is 0 Å². The molecule has 1 heterocycles. The summed E-state index contributed by atoms with van der Waals surface area (Å²) in [5.41, 5.74) is 0. The first-order chi connectivity index (χ1) is 5.68. The van der Waals surface area contributed by atoms with Crippen LogP contribution in [0.15, 0.2) is 23.1 Å². The van der Waals surface area contributed by atoms with Crippen molar-refractivity contribution in [2.24, 2.45) is 0 Å². The van der Waals surface area contributed by atoms with Crippen molar-refractivity contribution in [3.63, 3.8) is 0 Å². The second kappa shape index (κ2) is 2.83. The quantitative estimate of drug-likeness (QED) is 0.646. The number of aromatic hydroxyl groups is 1. The average molecular weight is 217 g/mol. The molecular weight excluding hydrogens is 212 g/mol. The van der Waals surface area contributed by atoms with Crippen molar-refractivity contribution in [3.8, 4) is 5.75 Å². The van der Waals surface area contributed by atoms with Crippen molar-refractivity contribution >= 4 is 45.7 Å². The minimum Gasteiger partial charge on any atom is -0.507 e. The van der Waals surface area contributed by atoms with E-state index in [0.717, 1.165) is 10.1 Å². The van der Waals surface area contributed by atoms with Crippen LogP contribution >= 0.6 is 35.6 Å². The van der Waals surface area contributed by atoms with Crippen molar-refractivity contribution in [1.82, 2.24) is 0 Å². The Kier molecular flexibility index (Phi) is 1.94. The first kappa shape index (κ1) is 8.23. The number of thiol groups is 1. The molecule has 0 aliphatic rings. The summed E-state index contributed by atoms with van der Waals surface area (Å²) in [6.45, 7) is 0. The molecule has 0 saturated heterocycles. The molecule has 0 atom stereocenters. The number of rotatable bonds is 0. The Bertz CT molecular complexity index is 436. The normalized spacial score (nSPS) is 10.8. The molecule has 0 aliphatic heterocycles. The Morgan fingerprint density at radius 3 is 2.92 bits per heavy atom. The van der Waals surface area contributed by atoms with Gasteiger partial charge in [0.05, 0.1) is 13.9 Å². The first-order valence-electron chi connectivity index (χ1n) is 3.28. The Morgan fingerprint density at radius 1 is 1.42 bits per heavy atom. The zero-order valence-electron chi connectivity index (χ0n) is 5.91. The van der Waals surface area contributed by atoms with Crippen LogP contribution < -0.4 is 0 Å². The Balaban J connectivity index is 2.89. The highest BCUT2D eigenvalue weighted by Gasteiger charge is 2.06. The molecule has 4 heteroatoms. The molecule has 1 aromatic heterocycles. The predicted octanol–water partition coefficient (Wildman–Crippen LogP) is 3.55. The van der Waals surface area contributed by atoms with E-state index in [-0.39, 0.29) is 5.75 Å². The third-order valence-corrected chi connectivity index (χ3v) is 3.51. The van der Waals surface area contributed by atoms with Crippen LogP contribution in [0.3, 0.4) is 0 Å². The van der Waals surface area contributed by atoms with E-state index in [0.29, 0.717) is 9.23 Å². The smallest absolute Gasteiger partial charge is 0.130 e. The zero-order valence-corrected chi connectivity index (χ0v) is 8.38. The molecule has 0 aliphatic carbocycles. The van der Waals surface area contributed by atoms with Crippen LogP contribution in [0.4, 0.5) is 0 Å². The van der Waals surface area contributed by atoms with E-state index >= 15 is 0 Å². The predicted molar refractivity (Wildman–Crippen MR) is 55.8 cm³/mol. The SMILES string of the molecule is Oc1ccc2cc(Cl)sc2c1S. The van der Waals surface area contributed by atoms with Gasteiger partial charge in [-0.3, -0.25) is 0 Å². The van der Waals surface area contributed by atoms with Gasteiger partial charge in [-0.1, -0.05) is 11.6 Å². The minimum absolute atomic E-state index is 0.198. The number of fused-ring (bicyclic) bond motifs is 1. The fourth-order valence-electron chi connectivity index (χ4n) is 1.05. The second-order valence-electron chi connectivity index (χ2n) is 2.40.